The molecule has 0 radical (unpaired) electrons. The average molecular weight is 372 g/mol. The lowest BCUT2D eigenvalue weighted by Crippen LogP contribution is -2.51. The summed E-state index contributed by atoms with van der Waals surface area (Å²) in [5, 5.41) is 4.98. The predicted molar refractivity (Wildman–Crippen MR) is 108 cm³/mol. The molecule has 0 aliphatic carbocycles. The minimum Gasteiger partial charge on any atom is -0.364 e. The monoisotopic (exact) mass is 371 g/mol. The van der Waals surface area contributed by atoms with Gasteiger partial charge < -0.3 is 4.90 Å². The number of carbonyl (C=O) groups is 2. The lowest BCUT2D eigenvalue weighted by molar-refractivity contribution is -0.123. The highest BCUT2D eigenvalue weighted by Crippen LogP contribution is 2.44. The quantitative estimate of drug-likeness (QED) is 0.476. The Morgan fingerprint density at radius 1 is 1.23 bits per heavy atom. The van der Waals surface area contributed by atoms with E-state index in [1.54, 1.807) is 6.08 Å². The van der Waals surface area contributed by atoms with Crippen molar-refractivity contribution in [3.8, 4) is 0 Å². The number of amides is 2. The van der Waals surface area contributed by atoms with Crippen LogP contribution < -0.4 is 15.5 Å². The summed E-state index contributed by atoms with van der Waals surface area (Å²) in [4.78, 5) is 26.6. The normalized spacial score (nSPS) is 22.1. The SMILES string of the molecule is CC(C)N1c2ccc(C=C3C(=O)NC(=S)NC3=O)cc2[C@H](C)CC1(C)C. The molecule has 138 valence electrons. The molecule has 1 aromatic rings. The van der Waals surface area contributed by atoms with Gasteiger partial charge in [0.1, 0.15) is 5.57 Å². The molecule has 26 heavy (non-hydrogen) atoms. The van der Waals surface area contributed by atoms with E-state index in [4.69, 9.17) is 12.2 Å². The molecule has 0 aromatic heterocycles. The first-order chi connectivity index (χ1) is 12.1. The van der Waals surface area contributed by atoms with Gasteiger partial charge in [-0.25, -0.2) is 0 Å². The van der Waals surface area contributed by atoms with Gasteiger partial charge >= 0.3 is 0 Å². The minimum absolute atomic E-state index is 0.0472. The second kappa shape index (κ2) is 6.50. The Labute approximate surface area is 159 Å². The van der Waals surface area contributed by atoms with E-state index in [0.29, 0.717) is 12.0 Å². The minimum atomic E-state index is -0.463. The highest BCUT2D eigenvalue weighted by Gasteiger charge is 2.37. The molecule has 6 heteroatoms. The van der Waals surface area contributed by atoms with Gasteiger partial charge in [-0.05, 0) is 81.6 Å². The summed E-state index contributed by atoms with van der Waals surface area (Å²) in [5.41, 5.74) is 3.47. The number of benzene rings is 1. The first-order valence-corrected chi connectivity index (χ1v) is 9.32. The number of nitrogens with one attached hydrogen (secondary N) is 2. The van der Waals surface area contributed by atoms with Crippen LogP contribution in [0.1, 0.15) is 58.1 Å². The van der Waals surface area contributed by atoms with Crippen molar-refractivity contribution in [1.29, 1.82) is 0 Å². The van der Waals surface area contributed by atoms with Crippen LogP contribution in [0.3, 0.4) is 0 Å². The van der Waals surface area contributed by atoms with Crippen LogP contribution in [0.4, 0.5) is 5.69 Å². The zero-order valence-electron chi connectivity index (χ0n) is 15.8. The van der Waals surface area contributed by atoms with Crippen LogP contribution in [-0.4, -0.2) is 28.5 Å². The van der Waals surface area contributed by atoms with Gasteiger partial charge in [-0.1, -0.05) is 13.0 Å². The Morgan fingerprint density at radius 3 is 2.42 bits per heavy atom. The van der Waals surface area contributed by atoms with Crippen LogP contribution in [-0.2, 0) is 9.59 Å². The fourth-order valence-corrected chi connectivity index (χ4v) is 4.50. The number of thiocarbonyl (C=S) groups is 1. The van der Waals surface area contributed by atoms with Gasteiger partial charge in [0.25, 0.3) is 11.8 Å². The third kappa shape index (κ3) is 3.26. The predicted octanol–water partition coefficient (Wildman–Crippen LogP) is 3.10. The van der Waals surface area contributed by atoms with E-state index in [9.17, 15) is 9.59 Å². The molecule has 1 fully saturated rings. The molecule has 0 saturated carbocycles. The maximum atomic E-state index is 12.1. The van der Waals surface area contributed by atoms with Crippen molar-refractivity contribution in [2.75, 3.05) is 4.90 Å². The van der Waals surface area contributed by atoms with E-state index in [0.717, 1.165) is 12.0 Å². The lowest BCUT2D eigenvalue weighted by Gasteiger charge is -2.50. The molecular weight excluding hydrogens is 346 g/mol. The molecule has 2 N–H and O–H groups in total. The van der Waals surface area contributed by atoms with Gasteiger partial charge in [0.15, 0.2) is 5.11 Å². The summed E-state index contributed by atoms with van der Waals surface area (Å²) in [7, 11) is 0. The Hall–Kier alpha value is -2.21. The molecule has 1 aromatic carbocycles. The summed E-state index contributed by atoms with van der Waals surface area (Å²) in [6, 6.07) is 6.53. The molecule has 1 saturated heterocycles. The first kappa shape index (κ1) is 18.6. The van der Waals surface area contributed by atoms with E-state index in [-0.39, 0.29) is 16.2 Å². The number of hydrogen-bond acceptors (Lipinski definition) is 4. The highest BCUT2D eigenvalue weighted by molar-refractivity contribution is 7.80. The van der Waals surface area contributed by atoms with E-state index in [1.807, 2.05) is 6.07 Å². The van der Waals surface area contributed by atoms with Gasteiger partial charge in [-0.15, -0.1) is 0 Å². The topological polar surface area (TPSA) is 61.4 Å². The van der Waals surface area contributed by atoms with E-state index in [1.165, 1.54) is 11.3 Å². The Kier molecular flexibility index (Phi) is 4.65. The summed E-state index contributed by atoms with van der Waals surface area (Å²) >= 11 is 4.83. The number of anilines is 1. The van der Waals surface area contributed by atoms with E-state index < -0.39 is 11.8 Å². The molecule has 2 aliphatic rings. The smallest absolute Gasteiger partial charge is 0.263 e. The van der Waals surface area contributed by atoms with Gasteiger partial charge in [0, 0.05) is 17.3 Å². The zero-order chi connectivity index (χ0) is 19.2. The van der Waals surface area contributed by atoms with Crippen molar-refractivity contribution in [2.24, 2.45) is 0 Å². The van der Waals surface area contributed by atoms with Crippen molar-refractivity contribution in [2.45, 2.75) is 58.5 Å². The molecule has 1 atom stereocenters. The molecule has 0 unspecified atom stereocenters. The molecule has 3 rings (SSSR count). The molecule has 2 aliphatic heterocycles. The van der Waals surface area contributed by atoms with Gasteiger partial charge in [0.05, 0.1) is 0 Å². The average Bonchev–Trinajstić information content (AvgIpc) is 2.50. The lowest BCUT2D eigenvalue weighted by atomic mass is 9.79. The molecular formula is C20H25N3O2S. The third-order valence-electron chi connectivity index (χ3n) is 5.07. The van der Waals surface area contributed by atoms with Crippen LogP contribution in [0.25, 0.3) is 6.08 Å². The molecule has 2 heterocycles. The van der Waals surface area contributed by atoms with Crippen LogP contribution >= 0.6 is 12.2 Å². The van der Waals surface area contributed by atoms with Crippen molar-refractivity contribution >= 4 is 40.9 Å². The van der Waals surface area contributed by atoms with Crippen LogP contribution in [0, 0.1) is 0 Å². The molecule has 0 bridgehead atoms. The fraction of sp³-hybridized carbons (Fsp3) is 0.450. The van der Waals surface area contributed by atoms with E-state index >= 15 is 0 Å². The van der Waals surface area contributed by atoms with E-state index in [2.05, 4.69) is 62.3 Å². The van der Waals surface area contributed by atoms with Crippen molar-refractivity contribution < 1.29 is 9.59 Å². The number of nitrogens with zero attached hydrogens (tertiary/aromatic N) is 1. The first-order valence-electron chi connectivity index (χ1n) is 8.92. The summed E-state index contributed by atoms with van der Waals surface area (Å²) in [6.07, 6.45) is 2.67. The second-order valence-electron chi connectivity index (χ2n) is 7.99. The summed E-state index contributed by atoms with van der Waals surface area (Å²) in [5.74, 6) is -0.529. The molecule has 0 spiro atoms. The Bertz CT molecular complexity index is 804. The summed E-state index contributed by atoms with van der Waals surface area (Å²) < 4.78 is 0. The van der Waals surface area contributed by atoms with Gasteiger partial charge in [-0.3, -0.25) is 20.2 Å². The number of fused-ring (bicyclic) bond motifs is 1. The molecule has 5 nitrogen and oxygen atoms in total. The highest BCUT2D eigenvalue weighted by atomic mass is 32.1. The standard InChI is InChI=1S/C20H25N3O2S/c1-11(2)23-16-7-6-13(8-14(16)12(3)10-20(23,4)5)9-15-17(24)21-19(26)22-18(15)25/h6-9,11-12H,10H2,1-5H3,(H2,21,22,24,25,26)/t12-/m1/s1. The number of hydrogen-bond donors (Lipinski definition) is 2. The van der Waals surface area contributed by atoms with Crippen LogP contribution in [0.15, 0.2) is 23.8 Å². The Morgan fingerprint density at radius 2 is 1.85 bits per heavy atom. The van der Waals surface area contributed by atoms with Gasteiger partial charge in [0.2, 0.25) is 0 Å². The number of rotatable bonds is 2. The molecule has 2 amide bonds. The number of carbonyl (C=O) groups excluding carboxylic acids is 2. The second-order valence-corrected chi connectivity index (χ2v) is 8.40. The van der Waals surface area contributed by atoms with Crippen molar-refractivity contribution in [1.82, 2.24) is 10.6 Å². The van der Waals surface area contributed by atoms with Crippen molar-refractivity contribution in [3.05, 3.63) is 34.9 Å². The van der Waals surface area contributed by atoms with Gasteiger partial charge in [-0.2, -0.15) is 0 Å². The zero-order valence-corrected chi connectivity index (χ0v) is 16.7. The van der Waals surface area contributed by atoms with Crippen LogP contribution in [0.5, 0.6) is 0 Å². The van der Waals surface area contributed by atoms with Crippen LogP contribution in [0.2, 0.25) is 0 Å². The third-order valence-corrected chi connectivity index (χ3v) is 5.27. The maximum absolute atomic E-state index is 12.1. The maximum Gasteiger partial charge on any atom is 0.263 e. The summed E-state index contributed by atoms with van der Waals surface area (Å²) in [6.45, 7) is 11.2. The van der Waals surface area contributed by atoms with Crippen molar-refractivity contribution in [3.63, 3.8) is 0 Å². The largest absolute Gasteiger partial charge is 0.364 e. The fourth-order valence-electron chi connectivity index (χ4n) is 4.31. The Balaban J connectivity index is 2.03.